The van der Waals surface area contributed by atoms with E-state index < -0.39 is 10.0 Å². The molecule has 0 amide bonds. The van der Waals surface area contributed by atoms with Gasteiger partial charge >= 0.3 is 0 Å². The van der Waals surface area contributed by atoms with Crippen molar-refractivity contribution in [2.24, 2.45) is 0 Å². The Morgan fingerprint density at radius 2 is 1.31 bits per heavy atom. The van der Waals surface area contributed by atoms with Crippen LogP contribution in [0.2, 0.25) is 0 Å². The maximum Gasteiger partial charge on any atom is 0.268 e. The molecule has 1 aromatic heterocycles. The van der Waals surface area contributed by atoms with Gasteiger partial charge in [-0.25, -0.2) is 12.4 Å². The first-order valence-corrected chi connectivity index (χ1v) is 14.0. The highest BCUT2D eigenvalue weighted by molar-refractivity contribution is 7.90. The van der Waals surface area contributed by atoms with E-state index in [0.29, 0.717) is 22.5 Å². The van der Waals surface area contributed by atoms with Gasteiger partial charge in [-0.2, -0.15) is 0 Å². The SMILES string of the molecule is COc1ccc(-c2c(-c3c(OC)ccc4ccccc34)n(S(=O)(=O)c3ccc(C)cc3)c3ccccc23)cc1. The molecule has 0 saturated heterocycles. The van der Waals surface area contributed by atoms with Crippen LogP contribution < -0.4 is 9.47 Å². The molecule has 0 atom stereocenters. The molecule has 0 saturated carbocycles. The summed E-state index contributed by atoms with van der Waals surface area (Å²) in [5, 5.41) is 2.71. The van der Waals surface area contributed by atoms with Crippen molar-refractivity contribution in [3.63, 3.8) is 0 Å². The minimum absolute atomic E-state index is 0.218. The second kappa shape index (κ2) is 9.64. The number of fused-ring (bicyclic) bond motifs is 2. The van der Waals surface area contributed by atoms with Crippen LogP contribution in [0.1, 0.15) is 5.56 Å². The topological polar surface area (TPSA) is 57.5 Å². The third-order valence-electron chi connectivity index (χ3n) is 7.12. The van der Waals surface area contributed by atoms with E-state index in [1.165, 1.54) is 3.97 Å². The van der Waals surface area contributed by atoms with E-state index in [9.17, 15) is 8.42 Å². The zero-order chi connectivity index (χ0) is 27.1. The number of aryl methyl sites for hydroxylation is 1. The van der Waals surface area contributed by atoms with Crippen LogP contribution in [0.25, 0.3) is 44.1 Å². The van der Waals surface area contributed by atoms with Crippen LogP contribution >= 0.6 is 0 Å². The molecule has 0 spiro atoms. The number of methoxy groups -OCH3 is 2. The van der Waals surface area contributed by atoms with Crippen LogP contribution in [0.3, 0.4) is 0 Å². The quantitative estimate of drug-likeness (QED) is 0.220. The average Bonchev–Trinajstić information content (AvgIpc) is 3.32. The Morgan fingerprint density at radius 1 is 0.641 bits per heavy atom. The molecule has 0 unspecified atom stereocenters. The maximum atomic E-state index is 14.5. The van der Waals surface area contributed by atoms with Gasteiger partial charge in [0.05, 0.1) is 30.3 Å². The minimum Gasteiger partial charge on any atom is -0.497 e. The summed E-state index contributed by atoms with van der Waals surface area (Å²) in [7, 11) is -0.779. The zero-order valence-electron chi connectivity index (χ0n) is 21.9. The summed E-state index contributed by atoms with van der Waals surface area (Å²) in [6.07, 6.45) is 0. The molecular weight excluding hydrogens is 506 g/mol. The van der Waals surface area contributed by atoms with Gasteiger partial charge in [-0.1, -0.05) is 78.4 Å². The fraction of sp³-hybridized carbons (Fsp3) is 0.0909. The Bertz CT molecular complexity index is 1940. The van der Waals surface area contributed by atoms with Crippen LogP contribution in [0.15, 0.2) is 114 Å². The lowest BCUT2D eigenvalue weighted by Gasteiger charge is -2.18. The summed E-state index contributed by atoms with van der Waals surface area (Å²) < 4.78 is 41.9. The van der Waals surface area contributed by atoms with Crippen LogP contribution in [-0.4, -0.2) is 26.6 Å². The average molecular weight is 534 g/mol. The van der Waals surface area contributed by atoms with Gasteiger partial charge in [-0.3, -0.25) is 0 Å². The van der Waals surface area contributed by atoms with Crippen molar-refractivity contribution in [1.82, 2.24) is 3.97 Å². The highest BCUT2D eigenvalue weighted by atomic mass is 32.2. The van der Waals surface area contributed by atoms with Gasteiger partial charge in [-0.05, 0) is 59.7 Å². The van der Waals surface area contributed by atoms with Gasteiger partial charge in [0.2, 0.25) is 0 Å². The summed E-state index contributed by atoms with van der Waals surface area (Å²) in [5.74, 6) is 1.31. The lowest BCUT2D eigenvalue weighted by molar-refractivity contribution is 0.415. The lowest BCUT2D eigenvalue weighted by Crippen LogP contribution is -2.14. The van der Waals surface area contributed by atoms with E-state index in [2.05, 4.69) is 0 Å². The molecule has 0 bridgehead atoms. The number of hydrogen-bond acceptors (Lipinski definition) is 4. The Balaban J connectivity index is 1.83. The van der Waals surface area contributed by atoms with Crippen LogP contribution in [0, 0.1) is 6.92 Å². The fourth-order valence-corrected chi connectivity index (χ4v) is 6.75. The van der Waals surface area contributed by atoms with Crippen LogP contribution in [0.5, 0.6) is 11.5 Å². The molecule has 6 aromatic rings. The molecule has 6 heteroatoms. The Morgan fingerprint density at radius 3 is 2.00 bits per heavy atom. The molecule has 5 nitrogen and oxygen atoms in total. The normalized spacial score (nSPS) is 11.7. The predicted molar refractivity (Wildman–Crippen MR) is 157 cm³/mol. The van der Waals surface area contributed by atoms with E-state index in [1.807, 2.05) is 104 Å². The van der Waals surface area contributed by atoms with E-state index in [0.717, 1.165) is 38.6 Å². The van der Waals surface area contributed by atoms with Crippen LogP contribution in [0.4, 0.5) is 0 Å². The number of hydrogen-bond donors (Lipinski definition) is 0. The first-order valence-electron chi connectivity index (χ1n) is 12.6. The van der Waals surface area contributed by atoms with E-state index >= 15 is 0 Å². The van der Waals surface area contributed by atoms with Crippen molar-refractivity contribution in [2.75, 3.05) is 14.2 Å². The fourth-order valence-electron chi connectivity index (χ4n) is 5.22. The van der Waals surface area contributed by atoms with Crippen molar-refractivity contribution in [3.05, 3.63) is 115 Å². The van der Waals surface area contributed by atoms with Gasteiger partial charge in [0.25, 0.3) is 10.0 Å². The zero-order valence-corrected chi connectivity index (χ0v) is 22.7. The van der Waals surface area contributed by atoms with Crippen molar-refractivity contribution in [2.45, 2.75) is 11.8 Å². The molecule has 0 N–H and O–H groups in total. The number of rotatable bonds is 6. The van der Waals surface area contributed by atoms with Crippen LogP contribution in [-0.2, 0) is 10.0 Å². The van der Waals surface area contributed by atoms with Crippen molar-refractivity contribution < 1.29 is 17.9 Å². The van der Waals surface area contributed by atoms with Gasteiger partial charge in [-0.15, -0.1) is 0 Å². The summed E-state index contributed by atoms with van der Waals surface area (Å²) >= 11 is 0. The standard InChI is InChI=1S/C33H27NO4S/c1-22-12-19-26(20-13-22)39(35,36)34-29-11-7-6-10-28(29)31(24-14-17-25(37-2)18-15-24)33(34)32-27-9-5-4-8-23(27)16-21-30(32)38-3/h4-21H,1-3H3. The van der Waals surface area contributed by atoms with E-state index in [-0.39, 0.29) is 4.90 Å². The summed E-state index contributed by atoms with van der Waals surface area (Å²) in [6, 6.07) is 34.1. The molecule has 194 valence electrons. The third kappa shape index (κ3) is 4.04. The molecule has 1 heterocycles. The Labute approximate surface area is 227 Å². The first-order chi connectivity index (χ1) is 18.9. The largest absolute Gasteiger partial charge is 0.497 e. The highest BCUT2D eigenvalue weighted by Gasteiger charge is 2.31. The summed E-state index contributed by atoms with van der Waals surface area (Å²) in [6.45, 7) is 1.94. The first kappa shape index (κ1) is 24.8. The molecular formula is C33H27NO4S. The Hall–Kier alpha value is -4.55. The lowest BCUT2D eigenvalue weighted by atomic mass is 9.94. The number of ether oxygens (including phenoxy) is 2. The van der Waals surface area contributed by atoms with Crippen molar-refractivity contribution >= 4 is 31.7 Å². The van der Waals surface area contributed by atoms with Gasteiger partial charge in [0.15, 0.2) is 0 Å². The number of aromatic nitrogens is 1. The van der Waals surface area contributed by atoms with Crippen molar-refractivity contribution in [3.8, 4) is 33.9 Å². The molecule has 0 aliphatic carbocycles. The molecule has 0 radical (unpaired) electrons. The highest BCUT2D eigenvalue weighted by Crippen LogP contribution is 2.48. The van der Waals surface area contributed by atoms with Gasteiger partial charge < -0.3 is 9.47 Å². The molecule has 0 aliphatic heterocycles. The number of para-hydroxylation sites is 1. The molecule has 0 aliphatic rings. The number of benzene rings is 5. The van der Waals surface area contributed by atoms with Gasteiger partial charge in [0.1, 0.15) is 11.5 Å². The molecule has 39 heavy (non-hydrogen) atoms. The monoisotopic (exact) mass is 533 g/mol. The molecule has 5 aromatic carbocycles. The second-order valence-electron chi connectivity index (χ2n) is 9.42. The molecule has 0 fully saturated rings. The van der Waals surface area contributed by atoms with E-state index in [1.54, 1.807) is 26.4 Å². The number of nitrogens with zero attached hydrogens (tertiary/aromatic N) is 1. The summed E-state index contributed by atoms with van der Waals surface area (Å²) in [4.78, 5) is 0.218. The second-order valence-corrected chi connectivity index (χ2v) is 11.2. The Kier molecular flexibility index (Phi) is 6.12. The third-order valence-corrected chi connectivity index (χ3v) is 8.85. The molecule has 6 rings (SSSR count). The summed E-state index contributed by atoms with van der Waals surface area (Å²) in [5.41, 5.74) is 4.52. The van der Waals surface area contributed by atoms with Crippen molar-refractivity contribution in [1.29, 1.82) is 0 Å². The maximum absolute atomic E-state index is 14.5. The minimum atomic E-state index is -4.02. The predicted octanol–water partition coefficient (Wildman–Crippen LogP) is 7.69. The smallest absolute Gasteiger partial charge is 0.268 e. The van der Waals surface area contributed by atoms with Gasteiger partial charge in [0, 0.05) is 16.5 Å². The van der Waals surface area contributed by atoms with E-state index in [4.69, 9.17) is 9.47 Å².